The van der Waals surface area contributed by atoms with E-state index in [1.54, 1.807) is 62.4 Å². The predicted octanol–water partition coefficient (Wildman–Crippen LogP) is 4.69. The molecule has 0 saturated heterocycles. The van der Waals surface area contributed by atoms with Gasteiger partial charge in [-0.15, -0.1) is 0 Å². The Morgan fingerprint density at radius 2 is 1.70 bits per heavy atom. The van der Waals surface area contributed by atoms with Crippen LogP contribution < -0.4 is 10.9 Å². The maximum Gasteiger partial charge on any atom is 0.266 e. The molecule has 1 N–H and O–H groups in total. The van der Waals surface area contributed by atoms with Crippen LogP contribution in [0.2, 0.25) is 0 Å². The number of thioether (sulfide) groups is 1. The number of hydrogen-bond acceptors (Lipinski definition) is 4. The van der Waals surface area contributed by atoms with Gasteiger partial charge in [0.05, 0.1) is 22.3 Å². The summed E-state index contributed by atoms with van der Waals surface area (Å²) in [4.78, 5) is 30.2. The second-order valence-corrected chi connectivity index (χ2v) is 8.58. The highest BCUT2D eigenvalue weighted by Crippen LogP contribution is 2.22. The lowest BCUT2D eigenvalue weighted by atomic mass is 10.1. The quantitative estimate of drug-likeness (QED) is 0.332. The van der Waals surface area contributed by atoms with E-state index in [1.807, 2.05) is 0 Å². The fourth-order valence-electron chi connectivity index (χ4n) is 3.29. The van der Waals surface area contributed by atoms with E-state index < -0.39 is 5.82 Å². The Balaban J connectivity index is 1.59. The summed E-state index contributed by atoms with van der Waals surface area (Å²) in [6, 6.07) is 16.2. The van der Waals surface area contributed by atoms with E-state index in [-0.39, 0.29) is 34.7 Å². The molecule has 0 aliphatic carbocycles. The second kappa shape index (κ2) is 9.54. The Hall–Kier alpha value is -3.52. The molecule has 3 aromatic carbocycles. The van der Waals surface area contributed by atoms with Gasteiger partial charge in [-0.3, -0.25) is 14.2 Å². The van der Waals surface area contributed by atoms with Crippen LogP contribution in [0.5, 0.6) is 0 Å². The number of fused-ring (bicyclic) bond motifs is 1. The summed E-state index contributed by atoms with van der Waals surface area (Å²) in [6.07, 6.45) is 0. The molecule has 8 heteroatoms. The molecule has 0 unspecified atom stereocenters. The first-order valence-corrected chi connectivity index (χ1v) is 11.2. The predicted molar refractivity (Wildman–Crippen MR) is 126 cm³/mol. The molecule has 0 bridgehead atoms. The maximum atomic E-state index is 14.2. The van der Waals surface area contributed by atoms with Crippen LogP contribution in [0.4, 0.5) is 8.78 Å². The normalized spacial score (nSPS) is 11.0. The smallest absolute Gasteiger partial charge is 0.266 e. The topological polar surface area (TPSA) is 64.0 Å². The third-order valence-corrected chi connectivity index (χ3v) is 6.16. The third kappa shape index (κ3) is 4.96. The largest absolute Gasteiger partial charge is 0.351 e. The van der Waals surface area contributed by atoms with Gasteiger partial charge in [-0.05, 0) is 60.9 Å². The minimum Gasteiger partial charge on any atom is -0.351 e. The van der Waals surface area contributed by atoms with Gasteiger partial charge in [-0.2, -0.15) is 0 Å². The first-order valence-electron chi connectivity index (χ1n) is 10.3. The van der Waals surface area contributed by atoms with Gasteiger partial charge in [0.25, 0.3) is 5.56 Å². The van der Waals surface area contributed by atoms with E-state index in [9.17, 15) is 18.4 Å². The lowest BCUT2D eigenvalue weighted by Gasteiger charge is -2.14. The molecule has 4 rings (SSSR count). The summed E-state index contributed by atoms with van der Waals surface area (Å²) in [5.74, 6) is -1.09. The highest BCUT2D eigenvalue weighted by atomic mass is 32.2. The highest BCUT2D eigenvalue weighted by Gasteiger charge is 2.16. The van der Waals surface area contributed by atoms with Gasteiger partial charge in [-0.25, -0.2) is 13.8 Å². The zero-order valence-corrected chi connectivity index (χ0v) is 18.9. The van der Waals surface area contributed by atoms with Crippen molar-refractivity contribution in [3.63, 3.8) is 0 Å². The van der Waals surface area contributed by atoms with Gasteiger partial charge in [-0.1, -0.05) is 42.1 Å². The minimum absolute atomic E-state index is 0.0204. The minimum atomic E-state index is -0.438. The first-order chi connectivity index (χ1) is 15.8. The third-order valence-electron chi connectivity index (χ3n) is 5.22. The Bertz CT molecular complexity index is 1420. The summed E-state index contributed by atoms with van der Waals surface area (Å²) in [6.45, 7) is 3.49. The molecule has 0 atom stereocenters. The van der Waals surface area contributed by atoms with E-state index in [1.165, 1.54) is 16.7 Å². The van der Waals surface area contributed by atoms with Crippen LogP contribution in [-0.2, 0) is 11.3 Å². The molecular formula is C25H21F2N3O2S. The number of para-hydroxylation sites is 1. The molecule has 0 fully saturated rings. The van der Waals surface area contributed by atoms with Crippen molar-refractivity contribution >= 4 is 28.6 Å². The average molecular weight is 466 g/mol. The molecule has 1 amide bonds. The lowest BCUT2D eigenvalue weighted by molar-refractivity contribution is -0.118. The molecular weight excluding hydrogens is 444 g/mol. The average Bonchev–Trinajstić information content (AvgIpc) is 2.80. The maximum absolute atomic E-state index is 14.2. The highest BCUT2D eigenvalue weighted by molar-refractivity contribution is 7.99. The molecule has 0 spiro atoms. The van der Waals surface area contributed by atoms with E-state index in [2.05, 4.69) is 10.3 Å². The summed E-state index contributed by atoms with van der Waals surface area (Å²) in [7, 11) is 0. The standard InChI is InChI=1S/C25H21F2N3O2S/c1-15-7-9-17(11-20(15)26)13-28-23(31)14-33-25-29-22-6-4-3-5-19(22)24(32)30(25)18-10-8-16(2)21(27)12-18/h3-12H,13-14H2,1-2H3,(H,28,31). The van der Waals surface area contributed by atoms with Crippen molar-refractivity contribution in [2.24, 2.45) is 0 Å². The van der Waals surface area contributed by atoms with Crippen LogP contribution in [0, 0.1) is 25.5 Å². The van der Waals surface area contributed by atoms with E-state index >= 15 is 0 Å². The van der Waals surface area contributed by atoms with Gasteiger partial charge >= 0.3 is 0 Å². The van der Waals surface area contributed by atoms with Gasteiger partial charge in [0, 0.05) is 6.54 Å². The molecule has 0 radical (unpaired) electrons. The van der Waals surface area contributed by atoms with Crippen LogP contribution in [0.25, 0.3) is 16.6 Å². The van der Waals surface area contributed by atoms with Gasteiger partial charge in [0.15, 0.2) is 5.16 Å². The number of hydrogen-bond donors (Lipinski definition) is 1. The van der Waals surface area contributed by atoms with Crippen molar-refractivity contribution in [1.82, 2.24) is 14.9 Å². The number of halogens is 2. The van der Waals surface area contributed by atoms with E-state index in [0.717, 1.165) is 11.8 Å². The molecule has 0 saturated carbocycles. The number of aromatic nitrogens is 2. The number of rotatable bonds is 6. The monoisotopic (exact) mass is 465 g/mol. The fraction of sp³-hybridized carbons (Fsp3) is 0.160. The zero-order valence-electron chi connectivity index (χ0n) is 18.1. The Morgan fingerprint density at radius 1 is 1.00 bits per heavy atom. The zero-order chi connectivity index (χ0) is 23.5. The van der Waals surface area contributed by atoms with E-state index in [0.29, 0.717) is 33.3 Å². The van der Waals surface area contributed by atoms with Crippen molar-refractivity contribution in [2.45, 2.75) is 25.5 Å². The van der Waals surface area contributed by atoms with Crippen LogP contribution in [0.3, 0.4) is 0 Å². The lowest BCUT2D eigenvalue weighted by Crippen LogP contribution is -2.26. The summed E-state index contributed by atoms with van der Waals surface area (Å²) in [5.41, 5.74) is 2.12. The van der Waals surface area contributed by atoms with Crippen molar-refractivity contribution in [2.75, 3.05) is 5.75 Å². The number of carbonyl (C=O) groups excluding carboxylic acids is 1. The molecule has 1 aromatic heterocycles. The second-order valence-electron chi connectivity index (χ2n) is 7.63. The number of nitrogens with one attached hydrogen (secondary N) is 1. The molecule has 5 nitrogen and oxygen atoms in total. The van der Waals surface area contributed by atoms with E-state index in [4.69, 9.17) is 0 Å². The summed E-state index contributed by atoms with van der Waals surface area (Å²) < 4.78 is 29.3. The Kier molecular flexibility index (Phi) is 6.55. The van der Waals surface area contributed by atoms with Crippen LogP contribution >= 0.6 is 11.8 Å². The number of aryl methyl sites for hydroxylation is 2. The molecule has 0 aliphatic heterocycles. The van der Waals surface area contributed by atoms with Crippen molar-refractivity contribution in [3.05, 3.63) is 99.3 Å². The summed E-state index contributed by atoms with van der Waals surface area (Å²) >= 11 is 1.07. The molecule has 168 valence electrons. The molecule has 33 heavy (non-hydrogen) atoms. The van der Waals surface area contributed by atoms with Crippen LogP contribution in [-0.4, -0.2) is 21.2 Å². The molecule has 1 heterocycles. The Morgan fingerprint density at radius 3 is 2.42 bits per heavy atom. The van der Waals surface area contributed by atoms with Crippen molar-refractivity contribution in [1.29, 1.82) is 0 Å². The number of nitrogens with zero attached hydrogens (tertiary/aromatic N) is 2. The molecule has 0 aliphatic rings. The first kappa shape index (κ1) is 22.7. The van der Waals surface area contributed by atoms with Gasteiger partial charge in [0.1, 0.15) is 11.6 Å². The van der Waals surface area contributed by atoms with Crippen LogP contribution in [0.1, 0.15) is 16.7 Å². The Labute approximate surface area is 193 Å². The van der Waals surface area contributed by atoms with Gasteiger partial charge < -0.3 is 5.32 Å². The number of amides is 1. The van der Waals surface area contributed by atoms with Gasteiger partial charge in [0.2, 0.25) is 5.91 Å². The number of benzene rings is 3. The van der Waals surface area contributed by atoms with Crippen LogP contribution in [0.15, 0.2) is 70.6 Å². The summed E-state index contributed by atoms with van der Waals surface area (Å²) in [5, 5.41) is 3.42. The fourth-order valence-corrected chi connectivity index (χ4v) is 4.13. The van der Waals surface area contributed by atoms with Crippen molar-refractivity contribution in [3.8, 4) is 5.69 Å². The SMILES string of the molecule is Cc1ccc(CNC(=O)CSc2nc3ccccc3c(=O)n2-c2ccc(C)c(F)c2)cc1F. The number of carbonyl (C=O) groups is 1. The van der Waals surface area contributed by atoms with Crippen molar-refractivity contribution < 1.29 is 13.6 Å². The molecule has 4 aromatic rings.